The Bertz CT molecular complexity index is 840. The van der Waals surface area contributed by atoms with E-state index in [1.807, 2.05) is 13.0 Å². The topological polar surface area (TPSA) is 89.2 Å². The smallest absolute Gasteiger partial charge is 0.211 e. The molecule has 0 aliphatic carbocycles. The van der Waals surface area contributed by atoms with Crippen molar-refractivity contribution in [1.29, 1.82) is 0 Å². The Labute approximate surface area is 125 Å². The van der Waals surface area contributed by atoms with Crippen LogP contribution in [0.2, 0.25) is 0 Å². The number of aromatic nitrogens is 4. The summed E-state index contributed by atoms with van der Waals surface area (Å²) in [7, 11) is -3.48. The van der Waals surface area contributed by atoms with Crippen LogP contribution in [-0.4, -0.2) is 34.8 Å². The van der Waals surface area contributed by atoms with Crippen molar-refractivity contribution >= 4 is 26.3 Å². The summed E-state index contributed by atoms with van der Waals surface area (Å²) in [4.78, 5) is 0.979. The van der Waals surface area contributed by atoms with Crippen LogP contribution in [0, 0.1) is 6.92 Å². The summed E-state index contributed by atoms with van der Waals surface area (Å²) in [5, 5.41) is 12.7. The summed E-state index contributed by atoms with van der Waals surface area (Å²) in [5.41, 5.74) is 0.909. The van der Waals surface area contributed by atoms with Crippen LogP contribution in [0.15, 0.2) is 35.5 Å². The number of hydrogen-bond acceptors (Lipinski definition) is 6. The van der Waals surface area contributed by atoms with Crippen molar-refractivity contribution in [3.8, 4) is 0 Å². The lowest BCUT2D eigenvalue weighted by Crippen LogP contribution is -2.26. The van der Waals surface area contributed by atoms with E-state index < -0.39 is 10.0 Å². The predicted molar refractivity (Wildman–Crippen MR) is 78.7 cm³/mol. The minimum absolute atomic E-state index is 0.278. The number of fused-ring (bicyclic) bond motifs is 1. The lowest BCUT2D eigenvalue weighted by molar-refractivity contribution is 0.581. The highest BCUT2D eigenvalue weighted by atomic mass is 32.2. The summed E-state index contributed by atoms with van der Waals surface area (Å²) < 4.78 is 28.4. The van der Waals surface area contributed by atoms with Crippen LogP contribution >= 0.6 is 11.3 Å². The molecule has 0 fully saturated rings. The molecule has 0 aliphatic heterocycles. The molecule has 1 aromatic carbocycles. The highest BCUT2D eigenvalue weighted by molar-refractivity contribution is 7.89. The molecule has 0 radical (unpaired) electrons. The molecule has 110 valence electrons. The Kier molecular flexibility index (Phi) is 3.70. The molecule has 21 heavy (non-hydrogen) atoms. The molecule has 2 aromatic heterocycles. The van der Waals surface area contributed by atoms with Gasteiger partial charge in [0, 0.05) is 13.0 Å². The van der Waals surface area contributed by atoms with Gasteiger partial charge in [-0.15, -0.1) is 10.2 Å². The van der Waals surface area contributed by atoms with E-state index in [1.165, 1.54) is 17.7 Å². The van der Waals surface area contributed by atoms with Crippen molar-refractivity contribution < 1.29 is 8.42 Å². The fourth-order valence-electron chi connectivity index (χ4n) is 1.86. The first-order chi connectivity index (χ1) is 10.0. The van der Waals surface area contributed by atoms with Gasteiger partial charge in [0.1, 0.15) is 11.3 Å². The maximum absolute atomic E-state index is 12.1. The molecule has 0 spiro atoms. The summed E-state index contributed by atoms with van der Waals surface area (Å²) in [6.07, 6.45) is 2.03. The second kappa shape index (κ2) is 5.51. The fourth-order valence-corrected chi connectivity index (χ4v) is 3.81. The molecule has 3 aromatic rings. The molecule has 9 heteroatoms. The van der Waals surface area contributed by atoms with Crippen molar-refractivity contribution in [2.75, 3.05) is 6.54 Å². The Balaban J connectivity index is 1.65. The molecular formula is C12H13N5O2S2. The molecule has 0 aliphatic rings. The number of sulfonamides is 1. The molecule has 0 saturated heterocycles. The summed E-state index contributed by atoms with van der Waals surface area (Å²) >= 11 is 1.40. The number of aryl methyl sites for hydroxylation is 1. The zero-order valence-electron chi connectivity index (χ0n) is 11.2. The normalized spacial score (nSPS) is 12.0. The van der Waals surface area contributed by atoms with Gasteiger partial charge in [0.05, 0.1) is 4.90 Å². The van der Waals surface area contributed by atoms with Gasteiger partial charge in [0.2, 0.25) is 15.0 Å². The van der Waals surface area contributed by atoms with Crippen LogP contribution < -0.4 is 4.72 Å². The number of hydrogen-bond donors (Lipinski definition) is 1. The first-order valence-corrected chi connectivity index (χ1v) is 8.57. The van der Waals surface area contributed by atoms with Crippen LogP contribution in [0.4, 0.5) is 0 Å². The van der Waals surface area contributed by atoms with Gasteiger partial charge in [0.15, 0.2) is 0 Å². The third-order valence-electron chi connectivity index (χ3n) is 2.86. The van der Waals surface area contributed by atoms with Gasteiger partial charge < -0.3 is 0 Å². The van der Waals surface area contributed by atoms with Crippen LogP contribution in [0.1, 0.15) is 10.6 Å². The van der Waals surface area contributed by atoms with E-state index in [1.54, 1.807) is 22.7 Å². The number of benzene rings is 1. The second-order valence-corrected chi connectivity index (χ2v) is 7.33. The third-order valence-corrected chi connectivity index (χ3v) is 5.29. The zero-order valence-corrected chi connectivity index (χ0v) is 12.9. The molecule has 7 nitrogen and oxygen atoms in total. The largest absolute Gasteiger partial charge is 0.240 e. The van der Waals surface area contributed by atoms with E-state index in [4.69, 9.17) is 0 Å². The highest BCUT2D eigenvalue weighted by Gasteiger charge is 2.14. The van der Waals surface area contributed by atoms with E-state index >= 15 is 0 Å². The Morgan fingerprint density at radius 3 is 3.00 bits per heavy atom. The Morgan fingerprint density at radius 2 is 2.24 bits per heavy atom. The predicted octanol–water partition coefficient (Wildman–Crippen LogP) is 1.02. The van der Waals surface area contributed by atoms with Crippen molar-refractivity contribution in [2.45, 2.75) is 18.2 Å². The first kappa shape index (κ1) is 14.1. The highest BCUT2D eigenvalue weighted by Crippen LogP contribution is 2.13. The molecule has 0 bridgehead atoms. The van der Waals surface area contributed by atoms with E-state index in [2.05, 4.69) is 20.0 Å². The summed E-state index contributed by atoms with van der Waals surface area (Å²) in [6, 6.07) is 6.81. The van der Waals surface area contributed by atoms with E-state index in [0.717, 1.165) is 10.6 Å². The maximum Gasteiger partial charge on any atom is 0.240 e. The van der Waals surface area contributed by atoms with Gasteiger partial charge in [-0.25, -0.2) is 13.1 Å². The van der Waals surface area contributed by atoms with Gasteiger partial charge in [-0.3, -0.25) is 0 Å². The lowest BCUT2D eigenvalue weighted by atomic mass is 10.2. The van der Waals surface area contributed by atoms with Crippen LogP contribution in [0.5, 0.6) is 0 Å². The summed E-state index contributed by atoms with van der Waals surface area (Å²) in [6.45, 7) is 2.15. The fraction of sp³-hybridized carbons (Fsp3) is 0.250. The number of rotatable bonds is 5. The number of nitrogens with zero attached hydrogens (tertiary/aromatic N) is 4. The molecule has 0 amide bonds. The van der Waals surface area contributed by atoms with Gasteiger partial charge >= 0.3 is 0 Å². The zero-order chi connectivity index (χ0) is 14.9. The lowest BCUT2D eigenvalue weighted by Gasteiger charge is -2.06. The van der Waals surface area contributed by atoms with E-state index in [-0.39, 0.29) is 4.90 Å². The number of nitrogens with one attached hydrogen (secondary N) is 1. The molecule has 0 saturated carbocycles. The van der Waals surface area contributed by atoms with Crippen molar-refractivity contribution in [3.63, 3.8) is 0 Å². The van der Waals surface area contributed by atoms with Gasteiger partial charge in [-0.05, 0) is 24.6 Å². The van der Waals surface area contributed by atoms with E-state index in [9.17, 15) is 8.42 Å². The van der Waals surface area contributed by atoms with Crippen molar-refractivity contribution in [1.82, 2.24) is 24.5 Å². The standard InChI is InChI=1S/C12H13N5O2S2/c1-9-3-2-4-10(7-9)21(18,19)14-6-5-11-16-17-8-13-15-12(17)20-11/h2-4,7-8,14H,5-6H2,1H3. The van der Waals surface area contributed by atoms with E-state index in [0.29, 0.717) is 17.9 Å². The van der Waals surface area contributed by atoms with Crippen molar-refractivity contribution in [2.24, 2.45) is 0 Å². The van der Waals surface area contributed by atoms with Gasteiger partial charge in [0.25, 0.3) is 0 Å². The Hall–Kier alpha value is -1.84. The minimum atomic E-state index is -3.48. The maximum atomic E-state index is 12.1. The van der Waals surface area contributed by atoms with Crippen LogP contribution in [-0.2, 0) is 16.4 Å². The monoisotopic (exact) mass is 323 g/mol. The minimum Gasteiger partial charge on any atom is -0.211 e. The molecular weight excluding hydrogens is 310 g/mol. The summed E-state index contributed by atoms with van der Waals surface area (Å²) in [5.74, 6) is 0. The second-order valence-electron chi connectivity index (χ2n) is 4.52. The molecule has 1 N–H and O–H groups in total. The quantitative estimate of drug-likeness (QED) is 0.757. The third kappa shape index (κ3) is 3.09. The first-order valence-electron chi connectivity index (χ1n) is 6.27. The van der Waals surface area contributed by atoms with Crippen LogP contribution in [0.25, 0.3) is 4.96 Å². The molecule has 0 atom stereocenters. The van der Waals surface area contributed by atoms with Crippen LogP contribution in [0.3, 0.4) is 0 Å². The SMILES string of the molecule is Cc1cccc(S(=O)(=O)NCCc2nn3cnnc3s2)c1. The van der Waals surface area contributed by atoms with Gasteiger partial charge in [-0.2, -0.15) is 9.61 Å². The van der Waals surface area contributed by atoms with Crippen molar-refractivity contribution in [3.05, 3.63) is 41.2 Å². The Morgan fingerprint density at radius 1 is 1.38 bits per heavy atom. The molecule has 3 rings (SSSR count). The molecule has 0 unspecified atom stereocenters. The van der Waals surface area contributed by atoms with Gasteiger partial charge in [-0.1, -0.05) is 23.5 Å². The average Bonchev–Trinajstić information content (AvgIpc) is 2.99. The average molecular weight is 323 g/mol. The molecule has 2 heterocycles.